The normalized spacial score (nSPS) is 16.1. The molecular weight excluding hydrogens is 951 g/mol. The number of nitrogens with two attached hydrogens (primary N) is 2. The molecule has 0 radical (unpaired) electrons. The maximum atomic E-state index is 14.5. The van der Waals surface area contributed by atoms with Crippen LogP contribution in [-0.4, -0.2) is 106 Å². The van der Waals surface area contributed by atoms with Crippen LogP contribution in [0.4, 0.5) is 20.4 Å². The number of benzene rings is 4. The van der Waals surface area contributed by atoms with Crippen LogP contribution in [-0.2, 0) is 29.2 Å². The average Bonchev–Trinajstić information content (AvgIpc) is 3.34. The fraction of sp³-hybridized carbons (Fsp3) is 0.424. The van der Waals surface area contributed by atoms with Crippen molar-refractivity contribution in [1.82, 2.24) is 29.7 Å². The Kier molecular flexibility index (Phi) is 17.9. The Morgan fingerprint density at radius 1 is 0.573 bits per heavy atom. The molecule has 8 rings (SSSR count). The van der Waals surface area contributed by atoms with Crippen molar-refractivity contribution >= 4 is 23.5 Å². The highest BCUT2D eigenvalue weighted by Crippen LogP contribution is 2.35. The van der Waals surface area contributed by atoms with Gasteiger partial charge >= 0.3 is 0 Å². The summed E-state index contributed by atoms with van der Waals surface area (Å²) in [4.78, 5) is 51.8. The summed E-state index contributed by atoms with van der Waals surface area (Å²) in [5.74, 6) is 3.02. The Labute approximate surface area is 441 Å². The second-order valence-corrected chi connectivity index (χ2v) is 20.4. The summed E-state index contributed by atoms with van der Waals surface area (Å²) in [5.41, 5.74) is 23.5. The van der Waals surface area contributed by atoms with Gasteiger partial charge in [-0.1, -0.05) is 43.3 Å². The highest BCUT2D eigenvalue weighted by atomic mass is 19.1. The largest absolute Gasteiger partial charge is 0.488 e. The number of aromatic nitrogens is 4. The number of carbonyl (C=O) groups is 2. The quantitative estimate of drug-likeness (QED) is 0.100. The molecule has 14 nitrogen and oxygen atoms in total. The third kappa shape index (κ3) is 13.1. The minimum atomic E-state index is -0.327. The van der Waals surface area contributed by atoms with Crippen LogP contribution in [0, 0.1) is 73.9 Å². The molecule has 398 valence electrons. The third-order valence-corrected chi connectivity index (χ3v) is 14.6. The van der Waals surface area contributed by atoms with Crippen LogP contribution in [0.2, 0.25) is 0 Å². The van der Waals surface area contributed by atoms with Gasteiger partial charge in [0.15, 0.2) is 11.6 Å². The lowest BCUT2D eigenvalue weighted by molar-refractivity contribution is -0.120. The number of primary amides is 2. The zero-order valence-corrected chi connectivity index (χ0v) is 45.8. The molecular formula is C59H74F2N10O4. The number of amides is 2. The number of hydrogen-bond acceptors (Lipinski definition) is 12. The van der Waals surface area contributed by atoms with Crippen LogP contribution in [0.5, 0.6) is 11.5 Å². The molecule has 2 atom stereocenters. The topological polar surface area (TPSA) is 169 Å². The maximum absolute atomic E-state index is 14.5. The molecule has 0 aliphatic carbocycles. The molecule has 4 heterocycles. The first-order chi connectivity index (χ1) is 35.6. The van der Waals surface area contributed by atoms with Crippen molar-refractivity contribution in [3.63, 3.8) is 0 Å². The van der Waals surface area contributed by atoms with Crippen LogP contribution in [0.1, 0.15) is 87.8 Å². The van der Waals surface area contributed by atoms with Gasteiger partial charge in [0.05, 0.1) is 35.6 Å². The molecule has 2 amide bonds. The highest BCUT2D eigenvalue weighted by molar-refractivity contribution is 5.76. The first-order valence-electron chi connectivity index (χ1n) is 25.9. The number of anilines is 2. The van der Waals surface area contributed by atoms with E-state index in [0.29, 0.717) is 73.5 Å². The van der Waals surface area contributed by atoms with Crippen LogP contribution in [0.15, 0.2) is 60.7 Å². The Bertz CT molecular complexity index is 3040. The second kappa shape index (κ2) is 24.1. The van der Waals surface area contributed by atoms with Gasteiger partial charge in [-0.05, 0) is 146 Å². The van der Waals surface area contributed by atoms with Gasteiger partial charge < -0.3 is 30.7 Å². The first-order valence-corrected chi connectivity index (χ1v) is 25.9. The maximum Gasteiger partial charge on any atom is 0.231 e. The molecule has 0 saturated carbocycles. The van der Waals surface area contributed by atoms with Crippen LogP contribution in [0.25, 0.3) is 22.8 Å². The summed E-state index contributed by atoms with van der Waals surface area (Å²) in [6, 6.07) is 19.3. The Morgan fingerprint density at radius 2 is 1.01 bits per heavy atom. The van der Waals surface area contributed by atoms with Crippen molar-refractivity contribution < 1.29 is 27.8 Å². The molecule has 0 unspecified atom stereocenters. The smallest absolute Gasteiger partial charge is 0.231 e. The van der Waals surface area contributed by atoms with E-state index in [4.69, 9.17) is 40.9 Å². The van der Waals surface area contributed by atoms with Crippen molar-refractivity contribution in [3.8, 4) is 34.3 Å². The van der Waals surface area contributed by atoms with E-state index < -0.39 is 0 Å². The lowest BCUT2D eigenvalue weighted by atomic mass is 10.0. The van der Waals surface area contributed by atoms with Crippen molar-refractivity contribution in [3.05, 3.63) is 139 Å². The van der Waals surface area contributed by atoms with Gasteiger partial charge in [-0.2, -0.15) is 0 Å². The molecule has 16 heteroatoms. The van der Waals surface area contributed by atoms with Crippen molar-refractivity contribution in [1.29, 1.82) is 0 Å². The minimum absolute atomic E-state index is 0.113. The number of piperazine rings is 2. The van der Waals surface area contributed by atoms with E-state index in [1.165, 1.54) is 6.07 Å². The van der Waals surface area contributed by atoms with Crippen LogP contribution in [0.3, 0.4) is 0 Å². The Hall–Kier alpha value is -7.04. The molecule has 2 saturated heterocycles. The molecule has 75 heavy (non-hydrogen) atoms. The van der Waals surface area contributed by atoms with Gasteiger partial charge in [0, 0.05) is 68.0 Å². The number of nitrogens with zero attached hydrogens (tertiary/aromatic N) is 8. The fourth-order valence-corrected chi connectivity index (χ4v) is 10.1. The van der Waals surface area contributed by atoms with Gasteiger partial charge in [0.25, 0.3) is 0 Å². The first kappa shape index (κ1) is 55.7. The molecule has 4 N–H and O–H groups in total. The molecule has 2 fully saturated rings. The molecule has 2 aliphatic rings. The average molecular weight is 1030 g/mol. The number of ether oxygens (including phenoxy) is 2. The van der Waals surface area contributed by atoms with Crippen molar-refractivity contribution in [2.24, 2.45) is 11.5 Å². The predicted molar refractivity (Wildman–Crippen MR) is 293 cm³/mol. The highest BCUT2D eigenvalue weighted by Gasteiger charge is 2.31. The molecule has 0 bridgehead atoms. The number of hydrogen-bond donors (Lipinski definition) is 2. The van der Waals surface area contributed by atoms with E-state index in [9.17, 15) is 18.4 Å². The lowest BCUT2D eigenvalue weighted by Gasteiger charge is -2.40. The molecule has 4 aromatic carbocycles. The van der Waals surface area contributed by atoms with Crippen LogP contribution >= 0.6 is 0 Å². The summed E-state index contributed by atoms with van der Waals surface area (Å²) in [5, 5.41) is 0. The summed E-state index contributed by atoms with van der Waals surface area (Å²) in [6.45, 7) is 28.8. The summed E-state index contributed by atoms with van der Waals surface area (Å²) in [6.07, 6.45) is 0.721. The standard InChI is InChI=1S/C30H38FN5O2.C29H36FN5O2/c1-7-23-13-25(31)21(5)26(14-23)38-17-24-22(6)33-29(28-18(2)9-8-10-19(28)3)34-30(24)36-12-11-35(16-27(32)37)20(4)15-36;1-17-8-7-9-18(2)27(17)28-32-22(6)23(16-37-25-13-19(3)24(30)12-20(25)4)29(33-28)35-11-10-34(15-26(31)36)21(5)14-35/h8-10,13-14,20H,7,11-12,15-17H2,1-6H3,(H2,32,37);7-9,12-13,21H,10-11,14-16H2,1-6H3,(H2,31,36)/t20-;21-/m11/s1. The molecule has 0 spiro atoms. The van der Waals surface area contributed by atoms with Crippen molar-refractivity contribution in [2.75, 3.05) is 62.2 Å². The van der Waals surface area contributed by atoms with E-state index in [-0.39, 0.29) is 61.8 Å². The van der Waals surface area contributed by atoms with E-state index in [2.05, 4.69) is 85.4 Å². The zero-order chi connectivity index (χ0) is 54.4. The SMILES string of the molecule is CCc1cc(F)c(C)c(OCc2c(C)nc(-c3c(C)cccc3C)nc2N2CCN(CC(N)=O)[C@H](C)C2)c1.Cc1cc(OCc2c(C)nc(-c3c(C)cccc3C)nc2N2CCN(CC(N)=O)[C@H](C)C2)c(C)cc1F. The van der Waals surface area contributed by atoms with E-state index in [0.717, 1.165) is 85.1 Å². The number of carbonyl (C=O) groups excluding carboxylic acids is 2. The predicted octanol–water partition coefficient (Wildman–Crippen LogP) is 9.05. The summed E-state index contributed by atoms with van der Waals surface area (Å²) in [7, 11) is 0. The minimum Gasteiger partial charge on any atom is -0.488 e. The second-order valence-electron chi connectivity index (χ2n) is 20.4. The Balaban J connectivity index is 0.000000219. The zero-order valence-electron chi connectivity index (χ0n) is 45.8. The lowest BCUT2D eigenvalue weighted by Crippen LogP contribution is -2.54. The van der Waals surface area contributed by atoms with Gasteiger partial charge in [-0.3, -0.25) is 19.4 Å². The molecule has 2 aliphatic heterocycles. The van der Waals surface area contributed by atoms with Crippen molar-refractivity contribution in [2.45, 2.75) is 115 Å². The third-order valence-electron chi connectivity index (χ3n) is 14.6. The van der Waals surface area contributed by atoms with E-state index >= 15 is 0 Å². The van der Waals surface area contributed by atoms with Gasteiger partial charge in [0.2, 0.25) is 11.8 Å². The Morgan fingerprint density at radius 3 is 1.43 bits per heavy atom. The monoisotopic (exact) mass is 1020 g/mol. The van der Waals surface area contributed by atoms with Gasteiger partial charge in [0.1, 0.15) is 48.0 Å². The van der Waals surface area contributed by atoms with Crippen LogP contribution < -0.4 is 30.7 Å². The number of rotatable bonds is 15. The van der Waals surface area contributed by atoms with E-state index in [1.54, 1.807) is 26.0 Å². The summed E-state index contributed by atoms with van der Waals surface area (Å²) < 4.78 is 41.0. The van der Waals surface area contributed by atoms with Gasteiger partial charge in [-0.25, -0.2) is 28.7 Å². The summed E-state index contributed by atoms with van der Waals surface area (Å²) >= 11 is 0. The fourth-order valence-electron chi connectivity index (χ4n) is 10.1. The molecule has 6 aromatic rings. The van der Waals surface area contributed by atoms with Gasteiger partial charge in [-0.15, -0.1) is 0 Å². The number of aryl methyl sites for hydroxylation is 9. The number of halogens is 2. The molecule has 2 aromatic heterocycles. The van der Waals surface area contributed by atoms with E-state index in [1.807, 2.05) is 45.9 Å².